The lowest BCUT2D eigenvalue weighted by Gasteiger charge is -2.14. The average molecular weight is 1010 g/mol. The van der Waals surface area contributed by atoms with Gasteiger partial charge < -0.3 is 30.7 Å². The number of fused-ring (bicyclic) bond motifs is 2. The summed E-state index contributed by atoms with van der Waals surface area (Å²) in [5, 5.41) is 11.7. The number of amides is 2. The largest absolute Gasteiger partial charge is 0.497 e. The maximum absolute atomic E-state index is 12.8. The van der Waals surface area contributed by atoms with Crippen molar-refractivity contribution in [2.45, 2.75) is 76.8 Å². The van der Waals surface area contributed by atoms with Crippen molar-refractivity contribution < 1.29 is 45.4 Å². The van der Waals surface area contributed by atoms with Crippen LogP contribution in [0.2, 0.25) is 0 Å². The molecule has 9 rings (SSSR count). The number of anilines is 2. The van der Waals surface area contributed by atoms with E-state index in [0.29, 0.717) is 56.3 Å². The highest BCUT2D eigenvalue weighted by atomic mass is 79.9. The lowest BCUT2D eigenvalue weighted by atomic mass is 10.1. The number of nitrogens with zero attached hydrogens (tertiary/aromatic N) is 4. The fourth-order valence-electron chi connectivity index (χ4n) is 7.48. The summed E-state index contributed by atoms with van der Waals surface area (Å²) >= 11 is 3.42. The van der Waals surface area contributed by atoms with Gasteiger partial charge in [0.2, 0.25) is 0 Å². The zero-order valence-corrected chi connectivity index (χ0v) is 38.7. The minimum absolute atomic E-state index is 0.0732. The Hall–Kier alpha value is -6.76. The third kappa shape index (κ3) is 12.0. The van der Waals surface area contributed by atoms with Crippen LogP contribution in [0.3, 0.4) is 0 Å². The molecule has 2 amide bonds. The van der Waals surface area contributed by atoms with Crippen LogP contribution in [0.15, 0.2) is 102 Å². The van der Waals surface area contributed by atoms with Crippen molar-refractivity contribution in [3.8, 4) is 28.6 Å². The first-order valence-electron chi connectivity index (χ1n) is 21.9. The minimum Gasteiger partial charge on any atom is -0.497 e. The summed E-state index contributed by atoms with van der Waals surface area (Å²) in [7, 11) is 1.55. The molecule has 0 bridgehead atoms. The van der Waals surface area contributed by atoms with Gasteiger partial charge in [-0.25, -0.2) is 9.97 Å². The average Bonchev–Trinajstić information content (AvgIpc) is 4.19. The number of carbonyl (C=O) groups excluding carboxylic acids is 2. The monoisotopic (exact) mass is 1000 g/mol. The Balaban J connectivity index is 0.000000189. The molecule has 356 valence electrons. The summed E-state index contributed by atoms with van der Waals surface area (Å²) in [4.78, 5) is 33.8. The number of ether oxygens (including phenoxy) is 2. The highest BCUT2D eigenvalue weighted by Crippen LogP contribution is 2.35. The Morgan fingerprint density at radius 2 is 1.13 bits per heavy atom. The first kappa shape index (κ1) is 47.7. The third-order valence-corrected chi connectivity index (χ3v) is 11.7. The van der Waals surface area contributed by atoms with Crippen LogP contribution in [0.25, 0.3) is 33.4 Å². The molecule has 2 aliphatic rings. The maximum Gasteiger partial charge on any atom is 0.390 e. The number of methoxy groups -OCH3 is 1. The second-order valence-electron chi connectivity index (χ2n) is 16.7. The van der Waals surface area contributed by atoms with E-state index in [4.69, 9.17) is 9.47 Å². The lowest BCUT2D eigenvalue weighted by molar-refractivity contribution is -0.132. The van der Waals surface area contributed by atoms with E-state index in [1.54, 1.807) is 74.4 Å². The number of rotatable bonds is 15. The van der Waals surface area contributed by atoms with Gasteiger partial charge in [-0.2, -0.15) is 26.3 Å². The Morgan fingerprint density at radius 3 is 1.60 bits per heavy atom. The van der Waals surface area contributed by atoms with Gasteiger partial charge in [-0.05, 0) is 111 Å². The molecule has 2 heterocycles. The predicted molar refractivity (Wildman–Crippen MR) is 252 cm³/mol. The van der Waals surface area contributed by atoms with Crippen LogP contribution in [-0.4, -0.2) is 75.6 Å². The van der Waals surface area contributed by atoms with Gasteiger partial charge in [0.15, 0.2) is 0 Å². The quantitative estimate of drug-likeness (QED) is 0.0746. The summed E-state index contributed by atoms with van der Waals surface area (Å²) in [5.74, 6) is 1.36. The summed E-state index contributed by atoms with van der Waals surface area (Å²) in [5.41, 5.74) is 7.84. The van der Waals surface area contributed by atoms with Crippen molar-refractivity contribution in [3.63, 3.8) is 0 Å². The van der Waals surface area contributed by atoms with Gasteiger partial charge in [0.25, 0.3) is 11.8 Å². The van der Waals surface area contributed by atoms with Crippen molar-refractivity contribution in [2.75, 3.05) is 30.8 Å². The topological polar surface area (TPSA) is 136 Å². The molecule has 0 radical (unpaired) electrons. The van der Waals surface area contributed by atoms with Crippen molar-refractivity contribution >= 4 is 61.2 Å². The number of nitrogens with one attached hydrogen (secondary N) is 4. The Bertz CT molecular complexity index is 2980. The predicted octanol–water partition coefficient (Wildman–Crippen LogP) is 11.7. The maximum atomic E-state index is 12.8. The fraction of sp³-hybridized carbons (Fsp3) is 0.306. The number of hydrogen-bond donors (Lipinski definition) is 4. The molecule has 68 heavy (non-hydrogen) atoms. The van der Waals surface area contributed by atoms with Crippen LogP contribution in [0.4, 0.5) is 37.7 Å². The zero-order chi connectivity index (χ0) is 48.3. The minimum atomic E-state index is -4.29. The molecule has 0 unspecified atom stereocenters. The Labute approximate surface area is 395 Å². The fourth-order valence-corrected chi connectivity index (χ4v) is 7.92. The molecule has 0 atom stereocenters. The molecule has 2 saturated carbocycles. The highest BCUT2D eigenvalue weighted by Gasteiger charge is 2.29. The van der Waals surface area contributed by atoms with Crippen LogP contribution in [-0.2, 0) is 0 Å². The lowest BCUT2D eigenvalue weighted by Crippen LogP contribution is -2.26. The van der Waals surface area contributed by atoms with E-state index in [9.17, 15) is 35.9 Å². The molecule has 0 spiro atoms. The van der Waals surface area contributed by atoms with E-state index >= 15 is 0 Å². The molecule has 7 aromatic rings. The van der Waals surface area contributed by atoms with Crippen LogP contribution in [0.1, 0.15) is 70.4 Å². The van der Waals surface area contributed by atoms with Crippen LogP contribution in [0, 0.1) is 13.8 Å². The Kier molecular flexibility index (Phi) is 13.9. The summed E-state index contributed by atoms with van der Waals surface area (Å²) in [6.07, 6.45) is -3.12. The number of aryl methyl sites for hydroxylation is 2. The van der Waals surface area contributed by atoms with E-state index in [-0.39, 0.29) is 37.0 Å². The molecule has 12 nitrogen and oxygen atoms in total. The second kappa shape index (κ2) is 19.8. The zero-order valence-electron chi connectivity index (χ0n) is 37.1. The molecule has 19 heteroatoms. The molecule has 5 aromatic carbocycles. The standard InChI is InChI=1S/C28H27F3N4O3.C21H20BrF3N4O/c1-17-12-19(8-9-23(17)27(36)34-18-6-7-18)35-16-33-26-24(32-11-10-28(29,30)31)14-22(15-25(26)35)38-21-5-3-4-20(13-21)37-2;1-12-8-15(4-5-16(12)20(30)28-14-2-3-14)29-11-27-19-17(9-13(22)10-18(19)29)26-7-6-21(23,24)25/h3-5,8-9,12-16,18,32H,6-7,10-11H2,1-2H3,(H,34,36);4-5,8-11,14,26H,2-3,6-7H2,1H3,(H,28,30). The number of hydrogen-bond acceptors (Lipinski definition) is 8. The molecule has 0 aliphatic heterocycles. The van der Waals surface area contributed by atoms with E-state index in [1.165, 1.54) is 0 Å². The number of aromatic nitrogens is 4. The van der Waals surface area contributed by atoms with Crippen LogP contribution in [0.5, 0.6) is 17.2 Å². The summed E-state index contributed by atoms with van der Waals surface area (Å²) < 4.78 is 91.6. The number of carbonyl (C=O) groups is 2. The van der Waals surface area contributed by atoms with Crippen molar-refractivity contribution in [2.24, 2.45) is 0 Å². The van der Waals surface area contributed by atoms with Gasteiger partial charge in [0.05, 0.1) is 42.4 Å². The summed E-state index contributed by atoms with van der Waals surface area (Å²) in [6, 6.07) is 25.6. The van der Waals surface area contributed by atoms with Gasteiger partial charge in [0, 0.05) is 70.3 Å². The number of halogens is 7. The van der Waals surface area contributed by atoms with Crippen LogP contribution < -0.4 is 30.7 Å². The van der Waals surface area contributed by atoms with E-state index in [1.807, 2.05) is 53.3 Å². The first-order valence-corrected chi connectivity index (χ1v) is 22.7. The number of benzene rings is 5. The molecule has 4 N–H and O–H groups in total. The van der Waals surface area contributed by atoms with Gasteiger partial charge in [-0.1, -0.05) is 22.0 Å². The van der Waals surface area contributed by atoms with Gasteiger partial charge in [-0.3, -0.25) is 18.7 Å². The van der Waals surface area contributed by atoms with Crippen LogP contribution >= 0.6 is 15.9 Å². The summed E-state index contributed by atoms with van der Waals surface area (Å²) in [6.45, 7) is 3.21. The van der Waals surface area contributed by atoms with Gasteiger partial charge in [0.1, 0.15) is 40.9 Å². The third-order valence-electron chi connectivity index (χ3n) is 11.3. The SMILES string of the molecule is COc1cccc(Oc2cc(NCCC(F)(F)F)c3ncn(-c4ccc(C(=O)NC5CC5)c(C)c4)c3c2)c1.Cc1cc(-n2cnc3c(NCCC(F)(F)F)cc(Br)cc32)ccc1C(=O)NC1CC1. The molecular weight excluding hydrogens is 958 g/mol. The first-order chi connectivity index (χ1) is 32.4. The van der Waals surface area contributed by atoms with Gasteiger partial charge in [-0.15, -0.1) is 0 Å². The molecule has 2 fully saturated rings. The molecule has 2 aromatic heterocycles. The Morgan fingerprint density at radius 1 is 0.647 bits per heavy atom. The van der Waals surface area contributed by atoms with E-state index in [2.05, 4.69) is 47.2 Å². The van der Waals surface area contributed by atoms with Crippen molar-refractivity contribution in [3.05, 3.63) is 124 Å². The van der Waals surface area contributed by atoms with Crippen molar-refractivity contribution in [1.29, 1.82) is 0 Å². The smallest absolute Gasteiger partial charge is 0.390 e. The molecule has 2 aliphatic carbocycles. The van der Waals surface area contributed by atoms with E-state index < -0.39 is 25.2 Å². The second-order valence-corrected chi connectivity index (χ2v) is 17.7. The molecule has 0 saturated heterocycles. The van der Waals surface area contributed by atoms with Crippen molar-refractivity contribution in [1.82, 2.24) is 29.7 Å². The molecular formula is C49H47BrF6N8O4. The highest BCUT2D eigenvalue weighted by molar-refractivity contribution is 9.10. The van der Waals surface area contributed by atoms with Gasteiger partial charge >= 0.3 is 12.4 Å². The number of imidazole rings is 2. The number of alkyl halides is 6. The normalized spacial score (nSPS) is 13.7. The van der Waals surface area contributed by atoms with E-state index in [0.717, 1.165) is 58.2 Å².